The molecule has 6 N–H and O–H groups in total. The summed E-state index contributed by atoms with van der Waals surface area (Å²) in [5.41, 5.74) is 1.01. The molecular formula is C104H164N12O28. The van der Waals surface area contributed by atoms with Crippen molar-refractivity contribution in [1.82, 2.24) is 60.5 Å². The van der Waals surface area contributed by atoms with E-state index in [0.29, 0.717) is 145 Å². The number of ether oxygens (including phenoxy) is 6. The van der Waals surface area contributed by atoms with Crippen LogP contribution in [0.5, 0.6) is 0 Å². The van der Waals surface area contributed by atoms with Crippen molar-refractivity contribution >= 4 is 119 Å². The topological polar surface area (TPSA) is 511 Å². The number of carboxylic acids is 2. The van der Waals surface area contributed by atoms with E-state index in [0.717, 1.165) is 313 Å². The molecule has 0 radical (unpaired) electrons. The fraction of sp³-hybridized carbons (Fsp3) is 0.654. The third-order valence-corrected chi connectivity index (χ3v) is 23.3. The van der Waals surface area contributed by atoms with E-state index >= 15 is 0 Å². The van der Waals surface area contributed by atoms with E-state index in [1.165, 1.54) is 52.1 Å². The second-order valence-electron chi connectivity index (χ2n) is 35.2. The third-order valence-electron chi connectivity index (χ3n) is 23.3. The van der Waals surface area contributed by atoms with Gasteiger partial charge in [0.15, 0.2) is 0 Å². The molecule has 40 nitrogen and oxygen atoms in total. The summed E-state index contributed by atoms with van der Waals surface area (Å²) in [6.45, 7) is 32.5. The van der Waals surface area contributed by atoms with Gasteiger partial charge >= 0.3 is 47.8 Å². The first-order valence-corrected chi connectivity index (χ1v) is 51.1. The lowest BCUT2D eigenvalue weighted by molar-refractivity contribution is -0.140. The van der Waals surface area contributed by atoms with Crippen molar-refractivity contribution in [3.05, 3.63) is 98.2 Å². The van der Waals surface area contributed by atoms with Gasteiger partial charge in [0, 0.05) is 235 Å². The number of amides is 12. The molecule has 8 saturated heterocycles. The minimum Gasteiger partial charge on any atom is -0.478 e. The van der Waals surface area contributed by atoms with Crippen molar-refractivity contribution in [1.29, 1.82) is 0 Å². The highest BCUT2D eigenvalue weighted by Gasteiger charge is 2.26. The molecule has 0 aromatic rings. The van der Waals surface area contributed by atoms with Crippen LogP contribution >= 0.6 is 0 Å². The van der Waals surface area contributed by atoms with Crippen LogP contribution in [0.15, 0.2) is 98.2 Å². The van der Waals surface area contributed by atoms with Crippen molar-refractivity contribution < 1.29 is 135 Å². The summed E-state index contributed by atoms with van der Waals surface area (Å²) in [6, 6.07) is 0. The normalized spacial score (nSPS) is 15.8. The maximum atomic E-state index is 11.8. The summed E-state index contributed by atoms with van der Waals surface area (Å²) in [5.74, 6) is -4.86. The molecule has 0 aliphatic carbocycles. The zero-order valence-corrected chi connectivity index (χ0v) is 85.9. The number of methoxy groups -OCH3 is 2. The van der Waals surface area contributed by atoms with Crippen LogP contribution in [-0.2, 0) is 124 Å². The predicted molar refractivity (Wildman–Crippen MR) is 539 cm³/mol. The van der Waals surface area contributed by atoms with E-state index < -0.39 is 41.7 Å². The Kier molecular flexibility index (Phi) is 75.2. The average molecular weight is 2030 g/mol. The van der Waals surface area contributed by atoms with Gasteiger partial charge in [-0.2, -0.15) is 0 Å². The zero-order chi connectivity index (χ0) is 107. The Balaban J connectivity index is 0.000000824. The molecule has 0 unspecified atom stereocenters. The van der Waals surface area contributed by atoms with Gasteiger partial charge in [-0.15, -0.1) is 0 Å². The lowest BCUT2D eigenvalue weighted by Gasteiger charge is -2.20. The van der Waals surface area contributed by atoms with Crippen molar-refractivity contribution in [3.63, 3.8) is 0 Å². The Morgan fingerprint density at radius 2 is 0.542 bits per heavy atom. The Bertz CT molecular complexity index is 3890. The van der Waals surface area contributed by atoms with Crippen LogP contribution in [0.4, 0.5) is 0 Å². The van der Waals surface area contributed by atoms with Gasteiger partial charge in [-0.1, -0.05) is 90.5 Å². The minimum atomic E-state index is -1.20. The maximum absolute atomic E-state index is 11.8. The number of carbonyl (C=O) groups excluding carboxylic acids is 18. The number of hydrogen-bond acceptors (Lipinski definition) is 26. The smallest absolute Gasteiger partial charge is 0.333 e. The number of aliphatic carboxylic acids is 2. The number of esters is 6. The number of nitrogens with one attached hydrogen (secondary N) is 4. The van der Waals surface area contributed by atoms with Gasteiger partial charge in [0.05, 0.1) is 40.5 Å². The molecule has 0 atom stereocenters. The first-order chi connectivity index (χ1) is 69.1. The van der Waals surface area contributed by atoms with Gasteiger partial charge in [0.2, 0.25) is 70.9 Å². The van der Waals surface area contributed by atoms with Crippen molar-refractivity contribution in [2.24, 2.45) is 0 Å². The lowest BCUT2D eigenvalue weighted by Crippen LogP contribution is -2.34. The highest BCUT2D eigenvalue weighted by atomic mass is 16.6. The van der Waals surface area contributed by atoms with E-state index in [9.17, 15) is 95.9 Å². The molecule has 8 rings (SSSR count). The third kappa shape index (κ3) is 69.3. The average Bonchev–Trinajstić information content (AvgIpc) is 1.79. The van der Waals surface area contributed by atoms with E-state index in [-0.39, 0.29) is 66.5 Å². The second-order valence-corrected chi connectivity index (χ2v) is 35.2. The molecule has 0 aromatic carbocycles. The molecule has 0 saturated carbocycles. The number of nitrogens with zero attached hydrogens (tertiary/aromatic N) is 8. The van der Waals surface area contributed by atoms with Crippen LogP contribution < -0.4 is 21.3 Å². The summed E-state index contributed by atoms with van der Waals surface area (Å²) < 4.78 is 28.1. The van der Waals surface area contributed by atoms with Gasteiger partial charge in [-0.25, -0.2) is 38.4 Å². The van der Waals surface area contributed by atoms with E-state index in [1.54, 1.807) is 33.4 Å². The molecule has 0 bridgehead atoms. The van der Waals surface area contributed by atoms with Crippen molar-refractivity contribution in [2.45, 2.75) is 271 Å². The predicted octanol–water partition coefficient (Wildman–Crippen LogP) is 9.13. The van der Waals surface area contributed by atoms with Gasteiger partial charge in [-0.3, -0.25) is 57.5 Å². The highest BCUT2D eigenvalue weighted by molar-refractivity contribution is 5.96. The molecule has 0 spiro atoms. The van der Waals surface area contributed by atoms with Crippen LogP contribution in [0.25, 0.3) is 0 Å². The molecule has 0 aromatic heterocycles. The standard InChI is InChI=1S/C16H28N2O2.C16H27NO3.C15H26N2O2.C15H25NO3.C11H16N2O4.C11H15NO5.C10H14N2O4.C10H13NO5/c1-14(2)16(20)17-11-7-3-4-8-12-18-13-9-5-6-10-15(18)19;1-14(2)16(19)20-13-9-4-3-7-11-17-12-8-5-6-10-15(17)18;1-2-14(18)16-11-7-3-4-8-12-17-13-9-5-6-10-15(17)19;1-2-15(18)19-13-9-4-3-7-11-16-12-8-5-6-10-14(16)17;1-17-11(16)5-4-9(14)12-6-8-13-7-2-3-10(13)15;1-16-10(14)4-5-11(15)17-8-7-12-6-2-3-9(12)13;13-8(3-4-10(15)16)11-5-7-12-6-1-2-9(12)14;12-8-2-1-5-11(8)6-7-16-10(15)4-3-9(13)14/h1,3-13H2,2H3,(H,17,20);1,3-13H2,2H3;2H,1,3-13H2,(H,16,18);2H,1,3-13H2;4-5H,2-3,6-8H2,1H3,(H,12,14);4-5H,2-3,6-8H2,1H3;3-4H,1-2,5-7H2,(H,11,13)(H,15,16);3-4H,1-2,5-7H2,(H,13,14). The van der Waals surface area contributed by atoms with Crippen LogP contribution in [0.2, 0.25) is 0 Å². The van der Waals surface area contributed by atoms with Crippen LogP contribution in [0.1, 0.15) is 271 Å². The largest absolute Gasteiger partial charge is 0.478 e. The molecule has 12 amide bonds. The summed E-state index contributed by atoms with van der Waals surface area (Å²) in [5, 5.41) is 27.2. The van der Waals surface area contributed by atoms with Crippen molar-refractivity contribution in [3.8, 4) is 0 Å². The monoisotopic (exact) mass is 2030 g/mol. The number of carbonyl (C=O) groups is 20. The Morgan fingerprint density at radius 3 is 0.861 bits per heavy atom. The lowest BCUT2D eigenvalue weighted by atomic mass is 10.2. The van der Waals surface area contributed by atoms with Gasteiger partial charge in [0.1, 0.15) is 13.2 Å². The molecule has 8 aliphatic heterocycles. The SMILES string of the molecule is C=C(C)C(=O)NCCCCCCN1CCCCCC1=O.C=C(C)C(=O)OCCCCCCN1CCCCCC1=O.C=CC(=O)NCCCCCCN1CCCCCC1=O.C=CC(=O)OCCCCCCN1CCCCCC1=O.COC(=O)C=CC(=O)NCCN1CCCC1=O.COC(=O)C=CC(=O)OCCN1CCCC1=O.O=C(O)C=CC(=O)NCCN1CCCC1=O.O=C(O)C=CC(=O)OCCN1CCCC1=O. The molecular weight excluding hydrogens is 1870 g/mol. The Labute approximate surface area is 850 Å². The van der Waals surface area contributed by atoms with E-state index in [1.807, 2.05) is 19.6 Å². The Hall–Kier alpha value is -12.7. The number of rotatable bonds is 52. The second kappa shape index (κ2) is 83.7. The van der Waals surface area contributed by atoms with Gasteiger partial charge < -0.3 is 99.1 Å². The molecule has 8 heterocycles. The fourth-order valence-electron chi connectivity index (χ4n) is 15.2. The molecule has 808 valence electrons. The van der Waals surface area contributed by atoms with E-state index in [2.05, 4.69) is 57.1 Å². The van der Waals surface area contributed by atoms with Crippen LogP contribution in [0.3, 0.4) is 0 Å². The summed E-state index contributed by atoms with van der Waals surface area (Å²) in [4.78, 5) is 237. The van der Waals surface area contributed by atoms with Gasteiger partial charge in [0.25, 0.3) is 0 Å². The van der Waals surface area contributed by atoms with Crippen LogP contribution in [-0.4, -0.2) is 340 Å². The molecule has 144 heavy (non-hydrogen) atoms. The number of hydrogen-bond donors (Lipinski definition) is 6. The Morgan fingerprint density at radius 1 is 0.271 bits per heavy atom. The summed E-state index contributed by atoms with van der Waals surface area (Å²) >= 11 is 0. The zero-order valence-electron chi connectivity index (χ0n) is 85.9. The summed E-state index contributed by atoms with van der Waals surface area (Å²) in [7, 11) is 2.46. The quantitative estimate of drug-likeness (QED) is 0.0143. The first kappa shape index (κ1) is 129. The molecule has 8 aliphatic rings. The molecule has 8 fully saturated rings. The van der Waals surface area contributed by atoms with Crippen molar-refractivity contribution in [2.75, 3.05) is 172 Å². The number of likely N-dealkylation sites (tertiary alicyclic amines) is 8. The van der Waals surface area contributed by atoms with E-state index in [4.69, 9.17) is 29.2 Å². The number of carboxylic acid groups (broad SMARTS) is 2. The maximum Gasteiger partial charge on any atom is 0.333 e. The first-order valence-electron chi connectivity index (χ1n) is 51.1. The number of unbranched alkanes of at least 4 members (excludes halogenated alkanes) is 12. The molecule has 40 heteroatoms. The highest BCUT2D eigenvalue weighted by Crippen LogP contribution is 2.19. The fourth-order valence-corrected chi connectivity index (χ4v) is 15.2. The van der Waals surface area contributed by atoms with Gasteiger partial charge in [-0.05, 0) is 161 Å². The minimum absolute atomic E-state index is 0.0554. The summed E-state index contributed by atoms with van der Waals surface area (Å²) in [6.07, 6.45) is 48.7. The van der Waals surface area contributed by atoms with Crippen LogP contribution in [0, 0.1) is 0 Å².